The molecule has 1 saturated heterocycles. The van der Waals surface area contributed by atoms with Crippen LogP contribution >= 0.6 is 11.8 Å². The van der Waals surface area contributed by atoms with Crippen molar-refractivity contribution < 1.29 is 13.9 Å². The lowest BCUT2D eigenvalue weighted by Gasteiger charge is -2.39. The van der Waals surface area contributed by atoms with E-state index in [0.29, 0.717) is 29.0 Å². The molecule has 0 spiro atoms. The highest BCUT2D eigenvalue weighted by Crippen LogP contribution is 2.26. The normalized spacial score (nSPS) is 20.0. The molecule has 2 unspecified atom stereocenters. The zero-order valence-corrected chi connectivity index (χ0v) is 18.8. The maximum absolute atomic E-state index is 12.6. The second-order valence-corrected chi connectivity index (χ2v) is 9.67. The summed E-state index contributed by atoms with van der Waals surface area (Å²) in [6.07, 6.45) is 3.32. The van der Waals surface area contributed by atoms with Gasteiger partial charge in [-0.2, -0.15) is 0 Å². The molecule has 2 atom stereocenters. The number of carbonyl (C=O) groups is 1. The van der Waals surface area contributed by atoms with Gasteiger partial charge in [-0.3, -0.25) is 4.79 Å². The minimum Gasteiger partial charge on any atom is -0.484 e. The minimum absolute atomic E-state index is 0.109. The first kappa shape index (κ1) is 21.7. The van der Waals surface area contributed by atoms with Gasteiger partial charge in [-0.25, -0.2) is 0 Å². The van der Waals surface area contributed by atoms with Crippen LogP contribution in [0.1, 0.15) is 65.3 Å². The fourth-order valence-electron chi connectivity index (χ4n) is 3.66. The van der Waals surface area contributed by atoms with Crippen molar-refractivity contribution in [1.29, 1.82) is 0 Å². The van der Waals surface area contributed by atoms with E-state index in [1.54, 1.807) is 0 Å². The largest absolute Gasteiger partial charge is 0.484 e. The summed E-state index contributed by atoms with van der Waals surface area (Å²) in [5.74, 6) is 1.60. The van der Waals surface area contributed by atoms with E-state index in [-0.39, 0.29) is 17.9 Å². The van der Waals surface area contributed by atoms with Crippen LogP contribution < -0.4 is 4.74 Å². The van der Waals surface area contributed by atoms with Gasteiger partial charge in [0, 0.05) is 12.1 Å². The third kappa shape index (κ3) is 5.75. The van der Waals surface area contributed by atoms with Crippen molar-refractivity contribution in [2.75, 3.05) is 5.75 Å². The molecule has 0 N–H and O–H groups in total. The number of carbonyl (C=O) groups excluding carboxylic acids is 1. The highest BCUT2D eigenvalue weighted by atomic mass is 32.2. The monoisotopic (exact) mass is 417 g/mol. The topological polar surface area (TPSA) is 68.5 Å². The average molecular weight is 418 g/mol. The van der Waals surface area contributed by atoms with Gasteiger partial charge in [0.1, 0.15) is 5.75 Å². The molecular weight excluding hydrogens is 386 g/mol. The molecule has 6 nitrogen and oxygen atoms in total. The lowest BCUT2D eigenvalue weighted by molar-refractivity contribution is -0.134. The maximum Gasteiger partial charge on any atom is 0.277 e. The molecule has 2 heterocycles. The van der Waals surface area contributed by atoms with Crippen molar-refractivity contribution in [3.05, 3.63) is 35.7 Å². The van der Waals surface area contributed by atoms with Crippen molar-refractivity contribution in [3.63, 3.8) is 0 Å². The molecule has 0 saturated carbocycles. The third-order valence-corrected chi connectivity index (χ3v) is 6.13. The molecule has 29 heavy (non-hydrogen) atoms. The minimum atomic E-state index is 0.109. The Morgan fingerprint density at radius 3 is 2.45 bits per heavy atom. The van der Waals surface area contributed by atoms with Crippen molar-refractivity contribution in [2.24, 2.45) is 0 Å². The number of likely N-dealkylation sites (tertiary alicyclic amines) is 1. The lowest BCUT2D eigenvalue weighted by atomic mass is 9.87. The van der Waals surface area contributed by atoms with E-state index in [0.717, 1.165) is 18.6 Å². The van der Waals surface area contributed by atoms with E-state index in [1.165, 1.54) is 23.7 Å². The first-order valence-corrected chi connectivity index (χ1v) is 11.2. The summed E-state index contributed by atoms with van der Waals surface area (Å²) < 4.78 is 11.4. The Labute approximate surface area is 177 Å². The van der Waals surface area contributed by atoms with Crippen LogP contribution in [-0.2, 0) is 16.8 Å². The lowest BCUT2D eigenvalue weighted by Crippen LogP contribution is -2.48. The Morgan fingerprint density at radius 2 is 1.83 bits per heavy atom. The zero-order chi connectivity index (χ0) is 21.0. The van der Waals surface area contributed by atoms with Gasteiger partial charge in [0.15, 0.2) is 6.61 Å². The van der Waals surface area contributed by atoms with E-state index in [4.69, 9.17) is 9.15 Å². The van der Waals surface area contributed by atoms with E-state index < -0.39 is 0 Å². The SMILES string of the molecule is CC1CCCC(C)N1C(=O)CSc1nnc(COc2ccc(C(C)(C)C)cc2)o1. The summed E-state index contributed by atoms with van der Waals surface area (Å²) in [5, 5.41) is 8.45. The number of hydrogen-bond donors (Lipinski definition) is 0. The zero-order valence-electron chi connectivity index (χ0n) is 18.0. The summed E-state index contributed by atoms with van der Waals surface area (Å²) in [6, 6.07) is 8.63. The Hall–Kier alpha value is -2.02. The Kier molecular flexibility index (Phi) is 6.88. The fourth-order valence-corrected chi connectivity index (χ4v) is 4.31. The average Bonchev–Trinajstić information content (AvgIpc) is 3.12. The first-order chi connectivity index (χ1) is 13.7. The predicted molar refractivity (Wildman–Crippen MR) is 114 cm³/mol. The van der Waals surface area contributed by atoms with Crippen LogP contribution in [0.4, 0.5) is 0 Å². The summed E-state index contributed by atoms with van der Waals surface area (Å²) in [5.41, 5.74) is 1.36. The third-order valence-electron chi connectivity index (χ3n) is 5.33. The molecule has 1 aromatic heterocycles. The van der Waals surface area contributed by atoms with E-state index in [2.05, 4.69) is 56.9 Å². The Balaban J connectivity index is 1.49. The number of amides is 1. The van der Waals surface area contributed by atoms with Crippen LogP contribution in [0.25, 0.3) is 0 Å². The second-order valence-electron chi connectivity index (χ2n) is 8.74. The quantitative estimate of drug-likeness (QED) is 0.627. The number of piperidine rings is 1. The number of aromatic nitrogens is 2. The van der Waals surface area contributed by atoms with Crippen LogP contribution in [0, 0.1) is 0 Å². The van der Waals surface area contributed by atoms with E-state index >= 15 is 0 Å². The van der Waals surface area contributed by atoms with Crippen molar-refractivity contribution in [3.8, 4) is 5.75 Å². The molecule has 7 heteroatoms. The highest BCUT2D eigenvalue weighted by molar-refractivity contribution is 7.99. The molecule has 1 aliphatic rings. The van der Waals surface area contributed by atoms with Gasteiger partial charge in [-0.05, 0) is 56.2 Å². The van der Waals surface area contributed by atoms with E-state index in [9.17, 15) is 4.79 Å². The number of benzene rings is 1. The van der Waals surface area contributed by atoms with Gasteiger partial charge in [-0.15, -0.1) is 10.2 Å². The van der Waals surface area contributed by atoms with E-state index in [1.807, 2.05) is 17.0 Å². The van der Waals surface area contributed by atoms with Gasteiger partial charge in [-0.1, -0.05) is 44.7 Å². The number of hydrogen-bond acceptors (Lipinski definition) is 6. The highest BCUT2D eigenvalue weighted by Gasteiger charge is 2.29. The molecule has 3 rings (SSSR count). The number of thioether (sulfide) groups is 1. The molecular formula is C22H31N3O3S. The van der Waals surface area contributed by atoms with Crippen LogP contribution in [0.2, 0.25) is 0 Å². The molecule has 0 aliphatic carbocycles. The van der Waals surface area contributed by atoms with Crippen LogP contribution in [0.15, 0.2) is 33.9 Å². The molecule has 0 radical (unpaired) electrons. The molecule has 0 bridgehead atoms. The van der Waals surface area contributed by atoms with Crippen molar-refractivity contribution >= 4 is 17.7 Å². The number of nitrogens with zero attached hydrogens (tertiary/aromatic N) is 3. The Bertz CT molecular complexity index is 803. The second kappa shape index (κ2) is 9.20. The molecule has 158 valence electrons. The van der Waals surface area contributed by atoms with Gasteiger partial charge in [0.05, 0.1) is 5.75 Å². The van der Waals surface area contributed by atoms with Crippen LogP contribution in [0.5, 0.6) is 5.75 Å². The Morgan fingerprint density at radius 1 is 1.17 bits per heavy atom. The maximum atomic E-state index is 12.6. The summed E-state index contributed by atoms with van der Waals surface area (Å²) in [4.78, 5) is 14.6. The molecule has 1 fully saturated rings. The van der Waals surface area contributed by atoms with Gasteiger partial charge in [0.2, 0.25) is 5.91 Å². The smallest absolute Gasteiger partial charge is 0.277 e. The molecule has 1 aliphatic heterocycles. The standard InChI is InChI=1S/C22H31N3O3S/c1-15-7-6-8-16(2)25(15)20(26)14-29-21-24-23-19(28-21)13-27-18-11-9-17(10-12-18)22(3,4)5/h9-12,15-16H,6-8,13-14H2,1-5H3. The predicted octanol–water partition coefficient (Wildman–Crippen LogP) is 4.83. The van der Waals surface area contributed by atoms with Gasteiger partial charge in [0.25, 0.3) is 11.1 Å². The van der Waals surface area contributed by atoms with Crippen LogP contribution in [-0.4, -0.2) is 38.8 Å². The van der Waals surface area contributed by atoms with Gasteiger partial charge < -0.3 is 14.1 Å². The first-order valence-electron chi connectivity index (χ1n) is 10.2. The van der Waals surface area contributed by atoms with Crippen LogP contribution in [0.3, 0.4) is 0 Å². The summed E-state index contributed by atoms with van der Waals surface area (Å²) in [6.45, 7) is 11.0. The van der Waals surface area contributed by atoms with Crippen molar-refractivity contribution in [2.45, 2.75) is 83.2 Å². The molecule has 1 amide bonds. The summed E-state index contributed by atoms with van der Waals surface area (Å²) >= 11 is 1.29. The summed E-state index contributed by atoms with van der Waals surface area (Å²) in [7, 11) is 0. The molecule has 2 aromatic rings. The molecule has 1 aromatic carbocycles. The number of ether oxygens (including phenoxy) is 1. The number of rotatable bonds is 6. The fraction of sp³-hybridized carbons (Fsp3) is 0.591. The van der Waals surface area contributed by atoms with Crippen molar-refractivity contribution in [1.82, 2.24) is 15.1 Å². The van der Waals surface area contributed by atoms with Gasteiger partial charge >= 0.3 is 0 Å².